The largest absolute Gasteiger partial charge is 0.456 e. The van der Waals surface area contributed by atoms with Crippen molar-refractivity contribution in [3.63, 3.8) is 0 Å². The molecule has 0 saturated carbocycles. The molecule has 0 aliphatic heterocycles. The lowest BCUT2D eigenvalue weighted by Gasteiger charge is -2.10. The summed E-state index contributed by atoms with van der Waals surface area (Å²) >= 11 is 3.53. The fourth-order valence-corrected chi connectivity index (χ4v) is 9.46. The number of fused-ring (bicyclic) bond motifs is 7. The van der Waals surface area contributed by atoms with Crippen molar-refractivity contribution in [2.75, 3.05) is 0 Å². The standard InChI is InChI=1S/C46H26N4OS2/c1-2-10-28(11-3-1)43-48-44(29-22-20-27(21-23-29)31-13-8-14-33-32-12-4-6-18-39(32)52-42(31)33)50-45(49-43)35-15-9-17-37-41(35)34-25-24-30(26-38(34)51-37)46-47-36-16-5-7-19-40(36)53-46/h1-26H. The van der Waals surface area contributed by atoms with Gasteiger partial charge >= 0.3 is 0 Å². The zero-order chi connectivity index (χ0) is 34.9. The highest BCUT2D eigenvalue weighted by Crippen LogP contribution is 2.41. The number of para-hydroxylation sites is 1. The number of rotatable bonds is 5. The van der Waals surface area contributed by atoms with Gasteiger partial charge in [0.25, 0.3) is 0 Å². The van der Waals surface area contributed by atoms with Crippen LogP contribution in [0, 0.1) is 0 Å². The predicted octanol–water partition coefficient (Wildman–Crippen LogP) is 13.1. The van der Waals surface area contributed by atoms with Crippen LogP contribution >= 0.6 is 22.7 Å². The molecule has 0 saturated heterocycles. The minimum absolute atomic E-state index is 0.594. The van der Waals surface area contributed by atoms with Gasteiger partial charge in [0.05, 0.1) is 10.2 Å². The smallest absolute Gasteiger partial charge is 0.164 e. The average Bonchev–Trinajstić information content (AvgIpc) is 3.94. The summed E-state index contributed by atoms with van der Waals surface area (Å²) in [6, 6.07) is 54.5. The van der Waals surface area contributed by atoms with Gasteiger partial charge in [-0.15, -0.1) is 22.7 Å². The Morgan fingerprint density at radius 1 is 0.396 bits per heavy atom. The van der Waals surface area contributed by atoms with E-state index in [1.54, 1.807) is 11.3 Å². The van der Waals surface area contributed by atoms with Crippen LogP contribution in [-0.2, 0) is 0 Å². The first-order chi connectivity index (χ1) is 26.2. The van der Waals surface area contributed by atoms with E-state index in [1.807, 2.05) is 65.9 Å². The summed E-state index contributed by atoms with van der Waals surface area (Å²) < 4.78 is 10.2. The van der Waals surface area contributed by atoms with Crippen LogP contribution in [0.5, 0.6) is 0 Å². The zero-order valence-electron chi connectivity index (χ0n) is 28.0. The Hall–Kier alpha value is -6.54. The van der Waals surface area contributed by atoms with Gasteiger partial charge in [-0.05, 0) is 47.5 Å². The van der Waals surface area contributed by atoms with Crippen molar-refractivity contribution in [1.82, 2.24) is 19.9 Å². The van der Waals surface area contributed by atoms with Gasteiger partial charge in [-0.2, -0.15) is 0 Å². The summed E-state index contributed by atoms with van der Waals surface area (Å²) in [6.45, 7) is 0. The van der Waals surface area contributed by atoms with Crippen LogP contribution in [0.2, 0.25) is 0 Å². The highest BCUT2D eigenvalue weighted by Gasteiger charge is 2.19. The number of benzene rings is 7. The Bertz CT molecular complexity index is 3150. The van der Waals surface area contributed by atoms with Gasteiger partial charge in [0.1, 0.15) is 16.2 Å². The molecule has 0 atom stereocenters. The molecule has 0 fully saturated rings. The fraction of sp³-hybridized carbons (Fsp3) is 0. The second-order valence-electron chi connectivity index (χ2n) is 13.0. The second kappa shape index (κ2) is 12.0. The van der Waals surface area contributed by atoms with Crippen LogP contribution in [0.4, 0.5) is 0 Å². The molecule has 4 heterocycles. The maximum absolute atomic E-state index is 6.49. The lowest BCUT2D eigenvalue weighted by atomic mass is 10.0. The molecule has 53 heavy (non-hydrogen) atoms. The maximum Gasteiger partial charge on any atom is 0.164 e. The van der Waals surface area contributed by atoms with Crippen molar-refractivity contribution in [2.24, 2.45) is 0 Å². The molecule has 11 aromatic rings. The third kappa shape index (κ3) is 5.04. The normalized spacial score (nSPS) is 11.8. The monoisotopic (exact) mass is 714 g/mol. The first kappa shape index (κ1) is 30.1. The second-order valence-corrected chi connectivity index (χ2v) is 15.1. The van der Waals surface area contributed by atoms with Crippen LogP contribution in [0.25, 0.3) is 108 Å². The van der Waals surface area contributed by atoms with Crippen molar-refractivity contribution in [2.45, 2.75) is 0 Å². The average molecular weight is 715 g/mol. The topological polar surface area (TPSA) is 64.7 Å². The molecule has 5 nitrogen and oxygen atoms in total. The molecule has 0 amide bonds. The van der Waals surface area contributed by atoms with Crippen LogP contribution in [-0.4, -0.2) is 19.9 Å². The van der Waals surface area contributed by atoms with Crippen LogP contribution < -0.4 is 0 Å². The molecule has 0 aliphatic carbocycles. The van der Waals surface area contributed by atoms with Gasteiger partial charge < -0.3 is 4.42 Å². The predicted molar refractivity (Wildman–Crippen MR) is 220 cm³/mol. The van der Waals surface area contributed by atoms with E-state index < -0.39 is 0 Å². The van der Waals surface area contributed by atoms with Crippen molar-refractivity contribution in [1.29, 1.82) is 0 Å². The number of aromatic nitrogens is 4. The Balaban J connectivity index is 1.04. The molecule has 0 bridgehead atoms. The van der Waals surface area contributed by atoms with Crippen LogP contribution in [0.15, 0.2) is 162 Å². The van der Waals surface area contributed by atoms with E-state index in [2.05, 4.69) is 103 Å². The highest BCUT2D eigenvalue weighted by molar-refractivity contribution is 7.26. The van der Waals surface area contributed by atoms with E-state index in [1.165, 1.54) is 25.7 Å². The Kier molecular flexibility index (Phi) is 6.83. The summed E-state index contributed by atoms with van der Waals surface area (Å²) in [6.07, 6.45) is 0. The maximum atomic E-state index is 6.49. The molecule has 7 heteroatoms. The molecule has 248 valence electrons. The van der Waals surface area contributed by atoms with Gasteiger partial charge in [0, 0.05) is 53.2 Å². The van der Waals surface area contributed by atoms with Crippen molar-refractivity contribution >= 4 is 75.0 Å². The molecule has 7 aromatic carbocycles. The molecular formula is C46H26N4OS2. The Morgan fingerprint density at radius 3 is 1.91 bits per heavy atom. The summed E-state index contributed by atoms with van der Waals surface area (Å²) in [7, 11) is 0. The molecule has 0 unspecified atom stereocenters. The number of nitrogens with zero attached hydrogens (tertiary/aromatic N) is 4. The number of hydrogen-bond acceptors (Lipinski definition) is 7. The van der Waals surface area contributed by atoms with E-state index in [0.29, 0.717) is 17.5 Å². The molecule has 0 N–H and O–H groups in total. The minimum atomic E-state index is 0.594. The number of thiazole rings is 1. The van der Waals surface area contributed by atoms with Crippen molar-refractivity contribution < 1.29 is 4.42 Å². The summed E-state index contributed by atoms with van der Waals surface area (Å²) in [4.78, 5) is 20.1. The third-order valence-electron chi connectivity index (χ3n) is 9.80. The Labute approximate surface area is 311 Å². The van der Waals surface area contributed by atoms with Gasteiger partial charge in [-0.3, -0.25) is 0 Å². The lowest BCUT2D eigenvalue weighted by molar-refractivity contribution is 0.669. The summed E-state index contributed by atoms with van der Waals surface area (Å²) in [5.41, 5.74) is 8.72. The highest BCUT2D eigenvalue weighted by atomic mass is 32.1. The Morgan fingerprint density at radius 2 is 1.06 bits per heavy atom. The van der Waals surface area contributed by atoms with Crippen LogP contribution in [0.1, 0.15) is 0 Å². The molecule has 0 radical (unpaired) electrons. The van der Waals surface area contributed by atoms with E-state index in [0.717, 1.165) is 65.0 Å². The van der Waals surface area contributed by atoms with Gasteiger partial charge in [-0.1, -0.05) is 121 Å². The van der Waals surface area contributed by atoms with Gasteiger partial charge in [-0.25, -0.2) is 19.9 Å². The lowest BCUT2D eigenvalue weighted by Crippen LogP contribution is -2.00. The summed E-state index contributed by atoms with van der Waals surface area (Å²) in [5, 5.41) is 5.53. The van der Waals surface area contributed by atoms with Crippen LogP contribution in [0.3, 0.4) is 0 Å². The van der Waals surface area contributed by atoms with Gasteiger partial charge in [0.15, 0.2) is 17.5 Å². The van der Waals surface area contributed by atoms with Gasteiger partial charge in [0.2, 0.25) is 0 Å². The number of thiophene rings is 1. The minimum Gasteiger partial charge on any atom is -0.456 e. The summed E-state index contributed by atoms with van der Waals surface area (Å²) in [5.74, 6) is 1.83. The zero-order valence-corrected chi connectivity index (χ0v) is 29.7. The quantitative estimate of drug-likeness (QED) is 0.178. The van der Waals surface area contributed by atoms with E-state index in [9.17, 15) is 0 Å². The van der Waals surface area contributed by atoms with Crippen molar-refractivity contribution in [3.8, 4) is 55.9 Å². The fourth-order valence-electron chi connectivity index (χ4n) is 7.26. The molecule has 4 aromatic heterocycles. The molecular weight excluding hydrogens is 689 g/mol. The number of furan rings is 1. The third-order valence-corrected chi connectivity index (χ3v) is 12.1. The van der Waals surface area contributed by atoms with E-state index in [4.69, 9.17) is 24.4 Å². The van der Waals surface area contributed by atoms with Crippen molar-refractivity contribution in [3.05, 3.63) is 158 Å². The molecule has 0 spiro atoms. The first-order valence-corrected chi connectivity index (χ1v) is 19.0. The molecule has 0 aliphatic rings. The SMILES string of the molecule is c1ccc(-c2nc(-c3ccc(-c4cccc5c4sc4ccccc45)cc3)nc(-c3cccc4oc5cc(-c6nc7ccccc7s6)ccc5c34)n2)cc1. The number of hydrogen-bond donors (Lipinski definition) is 0. The van der Waals surface area contributed by atoms with E-state index in [-0.39, 0.29) is 0 Å². The van der Waals surface area contributed by atoms with E-state index >= 15 is 0 Å². The molecule has 11 rings (SSSR count). The first-order valence-electron chi connectivity index (χ1n) is 17.4.